The molecule has 2 amide bonds. The van der Waals surface area contributed by atoms with Crippen LogP contribution in [0.5, 0.6) is 0 Å². The van der Waals surface area contributed by atoms with E-state index in [0.29, 0.717) is 5.56 Å². The molecule has 1 aromatic rings. The summed E-state index contributed by atoms with van der Waals surface area (Å²) in [6.45, 7) is 9.64. The average Bonchev–Trinajstić information content (AvgIpc) is 2.27. The van der Waals surface area contributed by atoms with Crippen molar-refractivity contribution in [1.82, 2.24) is 10.6 Å². The van der Waals surface area contributed by atoms with Crippen molar-refractivity contribution in [3.63, 3.8) is 0 Å². The van der Waals surface area contributed by atoms with Gasteiger partial charge in [-0.25, -0.2) is 0 Å². The van der Waals surface area contributed by atoms with Crippen molar-refractivity contribution in [2.24, 2.45) is 0 Å². The summed E-state index contributed by atoms with van der Waals surface area (Å²) in [5.74, 6) is -0.420. The Morgan fingerprint density at radius 3 is 2.26 bits per heavy atom. The highest BCUT2D eigenvalue weighted by Crippen LogP contribution is 2.09. The van der Waals surface area contributed by atoms with Crippen molar-refractivity contribution < 1.29 is 9.59 Å². The molecule has 0 radical (unpaired) electrons. The molecular formula is C15H22N2O2. The lowest BCUT2D eigenvalue weighted by Gasteiger charge is -2.20. The summed E-state index contributed by atoms with van der Waals surface area (Å²) in [6, 6.07) is 5.49. The van der Waals surface area contributed by atoms with Gasteiger partial charge in [-0.3, -0.25) is 9.59 Å². The SMILES string of the molecule is Cc1ccc(C(=O)NCC(=O)NC(C)(C)C)cc1C. The molecule has 1 rings (SSSR count). The maximum atomic E-state index is 11.9. The zero-order chi connectivity index (χ0) is 14.6. The van der Waals surface area contributed by atoms with Crippen LogP contribution in [-0.4, -0.2) is 23.9 Å². The van der Waals surface area contributed by atoms with Gasteiger partial charge in [-0.15, -0.1) is 0 Å². The second kappa shape index (κ2) is 5.87. The third kappa shape index (κ3) is 5.12. The Kier molecular flexibility index (Phi) is 4.70. The normalized spacial score (nSPS) is 11.0. The Morgan fingerprint density at radius 2 is 1.74 bits per heavy atom. The van der Waals surface area contributed by atoms with E-state index in [1.165, 1.54) is 0 Å². The number of amides is 2. The van der Waals surface area contributed by atoms with Crippen molar-refractivity contribution in [2.45, 2.75) is 40.2 Å². The summed E-state index contributed by atoms with van der Waals surface area (Å²) in [5, 5.41) is 5.41. The highest BCUT2D eigenvalue weighted by molar-refractivity contribution is 5.96. The number of nitrogens with one attached hydrogen (secondary N) is 2. The lowest BCUT2D eigenvalue weighted by atomic mass is 10.1. The van der Waals surface area contributed by atoms with Crippen LogP contribution in [-0.2, 0) is 4.79 Å². The number of carbonyl (C=O) groups is 2. The van der Waals surface area contributed by atoms with Gasteiger partial charge in [0, 0.05) is 11.1 Å². The molecule has 0 aliphatic heterocycles. The first-order valence-electron chi connectivity index (χ1n) is 6.35. The number of rotatable bonds is 3. The smallest absolute Gasteiger partial charge is 0.251 e. The molecule has 0 saturated heterocycles. The van der Waals surface area contributed by atoms with E-state index in [0.717, 1.165) is 11.1 Å². The summed E-state index contributed by atoms with van der Waals surface area (Å²) in [6.07, 6.45) is 0. The fourth-order valence-electron chi connectivity index (χ4n) is 1.61. The molecule has 0 heterocycles. The Bertz CT molecular complexity index is 487. The molecule has 4 heteroatoms. The van der Waals surface area contributed by atoms with Crippen molar-refractivity contribution in [3.05, 3.63) is 34.9 Å². The van der Waals surface area contributed by atoms with Crippen molar-refractivity contribution in [3.8, 4) is 0 Å². The third-order valence-electron chi connectivity index (χ3n) is 2.69. The molecule has 0 spiro atoms. The molecule has 1 aromatic carbocycles. The Balaban J connectivity index is 2.56. The van der Waals surface area contributed by atoms with Gasteiger partial charge in [0.1, 0.15) is 0 Å². The molecule has 0 saturated carbocycles. The van der Waals surface area contributed by atoms with Crippen LogP contribution in [0.1, 0.15) is 42.3 Å². The zero-order valence-electron chi connectivity index (χ0n) is 12.3. The van der Waals surface area contributed by atoms with Crippen LogP contribution in [0.2, 0.25) is 0 Å². The van der Waals surface area contributed by atoms with Crippen LogP contribution in [0.25, 0.3) is 0 Å². The van der Waals surface area contributed by atoms with Crippen molar-refractivity contribution >= 4 is 11.8 Å². The second-order valence-corrected chi connectivity index (χ2v) is 5.78. The first-order valence-corrected chi connectivity index (χ1v) is 6.35. The van der Waals surface area contributed by atoms with Gasteiger partial charge in [0.25, 0.3) is 5.91 Å². The highest BCUT2D eigenvalue weighted by Gasteiger charge is 2.14. The Labute approximate surface area is 114 Å². The minimum absolute atomic E-state index is 0.0109. The minimum atomic E-state index is -0.289. The summed E-state index contributed by atoms with van der Waals surface area (Å²) in [4.78, 5) is 23.5. The van der Waals surface area contributed by atoms with Crippen LogP contribution in [0, 0.1) is 13.8 Å². The van der Waals surface area contributed by atoms with E-state index in [9.17, 15) is 9.59 Å². The quantitative estimate of drug-likeness (QED) is 0.874. The Morgan fingerprint density at radius 1 is 1.11 bits per heavy atom. The van der Waals surface area contributed by atoms with Gasteiger partial charge in [0.2, 0.25) is 5.91 Å². The fraction of sp³-hybridized carbons (Fsp3) is 0.467. The molecule has 4 nitrogen and oxygen atoms in total. The monoisotopic (exact) mass is 262 g/mol. The summed E-state index contributed by atoms with van der Waals surface area (Å²) < 4.78 is 0. The molecule has 19 heavy (non-hydrogen) atoms. The summed E-state index contributed by atoms with van der Waals surface area (Å²) in [7, 11) is 0. The molecule has 2 N–H and O–H groups in total. The van der Waals surface area contributed by atoms with E-state index in [1.807, 2.05) is 46.8 Å². The van der Waals surface area contributed by atoms with Gasteiger partial charge in [0.15, 0.2) is 0 Å². The van der Waals surface area contributed by atoms with Crippen molar-refractivity contribution in [2.75, 3.05) is 6.54 Å². The van der Waals surface area contributed by atoms with Crippen molar-refractivity contribution in [1.29, 1.82) is 0 Å². The topological polar surface area (TPSA) is 58.2 Å². The standard InChI is InChI=1S/C15H22N2O2/c1-10-6-7-12(8-11(10)2)14(19)16-9-13(18)17-15(3,4)5/h6-8H,9H2,1-5H3,(H,16,19)(H,17,18). The van der Waals surface area contributed by atoms with Gasteiger partial charge in [0.05, 0.1) is 6.54 Å². The maximum absolute atomic E-state index is 11.9. The van der Waals surface area contributed by atoms with E-state index in [-0.39, 0.29) is 23.9 Å². The van der Waals surface area contributed by atoms with Crippen LogP contribution in [0.3, 0.4) is 0 Å². The second-order valence-electron chi connectivity index (χ2n) is 5.78. The lowest BCUT2D eigenvalue weighted by molar-refractivity contribution is -0.121. The summed E-state index contributed by atoms with van der Waals surface area (Å²) >= 11 is 0. The number of carbonyl (C=O) groups excluding carboxylic acids is 2. The molecule has 0 aromatic heterocycles. The maximum Gasteiger partial charge on any atom is 0.251 e. The van der Waals surface area contributed by atoms with Gasteiger partial charge in [-0.05, 0) is 57.9 Å². The van der Waals surface area contributed by atoms with Gasteiger partial charge >= 0.3 is 0 Å². The van der Waals surface area contributed by atoms with Gasteiger partial charge < -0.3 is 10.6 Å². The third-order valence-corrected chi connectivity index (χ3v) is 2.69. The minimum Gasteiger partial charge on any atom is -0.350 e. The van der Waals surface area contributed by atoms with E-state index < -0.39 is 0 Å². The average molecular weight is 262 g/mol. The lowest BCUT2D eigenvalue weighted by Crippen LogP contribution is -2.45. The first kappa shape index (κ1) is 15.2. The van der Waals surface area contributed by atoms with Crippen LogP contribution >= 0.6 is 0 Å². The van der Waals surface area contributed by atoms with E-state index in [1.54, 1.807) is 6.07 Å². The summed E-state index contributed by atoms with van der Waals surface area (Å²) in [5.41, 5.74) is 2.49. The molecule has 0 bridgehead atoms. The van der Waals surface area contributed by atoms with Gasteiger partial charge in [-0.2, -0.15) is 0 Å². The molecule has 0 fully saturated rings. The van der Waals surface area contributed by atoms with E-state index in [2.05, 4.69) is 10.6 Å². The number of hydrogen-bond donors (Lipinski definition) is 2. The molecular weight excluding hydrogens is 240 g/mol. The number of aryl methyl sites for hydroxylation is 2. The molecule has 0 aliphatic carbocycles. The number of hydrogen-bond acceptors (Lipinski definition) is 2. The molecule has 0 atom stereocenters. The van der Waals surface area contributed by atoms with Gasteiger partial charge in [-0.1, -0.05) is 6.07 Å². The molecule has 104 valence electrons. The van der Waals surface area contributed by atoms with Crippen LogP contribution < -0.4 is 10.6 Å². The molecule has 0 unspecified atom stereocenters. The highest BCUT2D eigenvalue weighted by atomic mass is 16.2. The van der Waals surface area contributed by atoms with Crippen LogP contribution in [0.4, 0.5) is 0 Å². The first-order chi connectivity index (χ1) is 8.69. The van der Waals surface area contributed by atoms with E-state index in [4.69, 9.17) is 0 Å². The van der Waals surface area contributed by atoms with Crippen LogP contribution in [0.15, 0.2) is 18.2 Å². The number of benzene rings is 1. The molecule has 0 aliphatic rings. The predicted molar refractivity (Wildman–Crippen MR) is 76.1 cm³/mol. The predicted octanol–water partition coefficient (Wildman–Crippen LogP) is 1.95. The zero-order valence-corrected chi connectivity index (χ0v) is 12.3. The Hall–Kier alpha value is -1.84. The fourth-order valence-corrected chi connectivity index (χ4v) is 1.61. The van der Waals surface area contributed by atoms with E-state index >= 15 is 0 Å². The largest absolute Gasteiger partial charge is 0.350 e.